The van der Waals surface area contributed by atoms with Crippen LogP contribution in [-0.4, -0.2) is 43.5 Å². The van der Waals surface area contributed by atoms with Gasteiger partial charge in [-0.3, -0.25) is 9.69 Å². The van der Waals surface area contributed by atoms with Gasteiger partial charge in [-0.25, -0.2) is 0 Å². The van der Waals surface area contributed by atoms with Crippen molar-refractivity contribution in [2.45, 2.75) is 32.7 Å². The van der Waals surface area contributed by atoms with Crippen molar-refractivity contribution in [2.75, 3.05) is 32.0 Å². The van der Waals surface area contributed by atoms with Crippen molar-refractivity contribution in [3.8, 4) is 0 Å². The minimum atomic E-state index is 0. The lowest BCUT2D eigenvalue weighted by Crippen LogP contribution is -2.41. The van der Waals surface area contributed by atoms with Crippen molar-refractivity contribution < 1.29 is 4.79 Å². The molecule has 1 aromatic rings. The van der Waals surface area contributed by atoms with Crippen LogP contribution in [0, 0.1) is 13.8 Å². The second-order valence-electron chi connectivity index (χ2n) is 5.64. The Kier molecular flexibility index (Phi) is 7.15. The normalized spacial score (nSPS) is 18.3. The predicted octanol–water partition coefficient (Wildman–Crippen LogP) is 2.35. The average Bonchev–Trinajstić information content (AvgIpc) is 2.82. The maximum Gasteiger partial charge on any atom is 0.238 e. The van der Waals surface area contributed by atoms with Gasteiger partial charge in [0.05, 0.1) is 6.54 Å². The number of likely N-dealkylation sites (tertiary alicyclic amines) is 1. The van der Waals surface area contributed by atoms with E-state index in [9.17, 15) is 4.79 Å². The second-order valence-corrected chi connectivity index (χ2v) is 5.64. The smallest absolute Gasteiger partial charge is 0.238 e. The Morgan fingerprint density at radius 1 is 1.33 bits per heavy atom. The van der Waals surface area contributed by atoms with Gasteiger partial charge in [0, 0.05) is 18.3 Å². The Balaban J connectivity index is 0.00000220. The van der Waals surface area contributed by atoms with Crippen LogP contribution < -0.4 is 10.6 Å². The number of nitrogens with one attached hydrogen (secondary N) is 2. The molecule has 1 fully saturated rings. The van der Waals surface area contributed by atoms with Crippen LogP contribution in [0.15, 0.2) is 18.2 Å². The van der Waals surface area contributed by atoms with Gasteiger partial charge in [0.15, 0.2) is 0 Å². The summed E-state index contributed by atoms with van der Waals surface area (Å²) in [5.41, 5.74) is 3.19. The van der Waals surface area contributed by atoms with Gasteiger partial charge in [-0.2, -0.15) is 0 Å². The first-order valence-electron chi connectivity index (χ1n) is 7.36. The topological polar surface area (TPSA) is 44.4 Å². The van der Waals surface area contributed by atoms with Gasteiger partial charge in [-0.1, -0.05) is 18.2 Å². The molecule has 4 nitrogen and oxygen atoms in total. The lowest BCUT2D eigenvalue weighted by atomic mass is 10.1. The number of hydrogen-bond acceptors (Lipinski definition) is 3. The number of rotatable bonds is 5. The summed E-state index contributed by atoms with van der Waals surface area (Å²) in [5.74, 6) is 0.0883. The molecule has 0 radical (unpaired) electrons. The lowest BCUT2D eigenvalue weighted by molar-refractivity contribution is -0.117. The van der Waals surface area contributed by atoms with Gasteiger partial charge >= 0.3 is 0 Å². The van der Waals surface area contributed by atoms with Gasteiger partial charge in [-0.15, -0.1) is 12.4 Å². The van der Waals surface area contributed by atoms with Crippen LogP contribution in [0.4, 0.5) is 5.69 Å². The van der Waals surface area contributed by atoms with Crippen molar-refractivity contribution in [1.82, 2.24) is 10.2 Å². The van der Waals surface area contributed by atoms with Crippen LogP contribution in [0.5, 0.6) is 0 Å². The van der Waals surface area contributed by atoms with E-state index in [2.05, 4.69) is 15.5 Å². The summed E-state index contributed by atoms with van der Waals surface area (Å²) >= 11 is 0. The summed E-state index contributed by atoms with van der Waals surface area (Å²) < 4.78 is 0. The van der Waals surface area contributed by atoms with E-state index >= 15 is 0 Å². The molecule has 1 aromatic carbocycles. The molecule has 1 amide bonds. The third kappa shape index (κ3) is 4.70. The summed E-state index contributed by atoms with van der Waals surface area (Å²) in [5, 5.41) is 6.27. The van der Waals surface area contributed by atoms with E-state index in [0.717, 1.165) is 29.9 Å². The Morgan fingerprint density at radius 3 is 2.62 bits per heavy atom. The zero-order valence-electron chi connectivity index (χ0n) is 13.1. The van der Waals surface area contributed by atoms with Gasteiger partial charge < -0.3 is 10.6 Å². The van der Waals surface area contributed by atoms with Gasteiger partial charge in [0.2, 0.25) is 5.91 Å². The molecule has 5 heteroatoms. The van der Waals surface area contributed by atoms with Crippen molar-refractivity contribution in [2.24, 2.45) is 0 Å². The van der Waals surface area contributed by atoms with Gasteiger partial charge in [0.1, 0.15) is 0 Å². The average molecular weight is 312 g/mol. The van der Waals surface area contributed by atoms with Crippen molar-refractivity contribution in [1.29, 1.82) is 0 Å². The van der Waals surface area contributed by atoms with Crippen LogP contribution in [-0.2, 0) is 4.79 Å². The third-order valence-corrected chi connectivity index (χ3v) is 4.03. The first-order chi connectivity index (χ1) is 9.61. The zero-order valence-corrected chi connectivity index (χ0v) is 13.9. The summed E-state index contributed by atoms with van der Waals surface area (Å²) in [6.45, 7) is 6.52. The molecule has 0 aromatic heterocycles. The van der Waals surface area contributed by atoms with Crippen molar-refractivity contribution in [3.63, 3.8) is 0 Å². The lowest BCUT2D eigenvalue weighted by Gasteiger charge is -2.24. The highest BCUT2D eigenvalue weighted by Gasteiger charge is 2.25. The van der Waals surface area contributed by atoms with Crippen molar-refractivity contribution in [3.05, 3.63) is 29.3 Å². The van der Waals surface area contributed by atoms with Crippen LogP contribution >= 0.6 is 12.4 Å². The summed E-state index contributed by atoms with van der Waals surface area (Å²) in [4.78, 5) is 14.5. The molecule has 1 saturated heterocycles. The molecule has 2 rings (SSSR count). The quantitative estimate of drug-likeness (QED) is 0.877. The van der Waals surface area contributed by atoms with Crippen LogP contribution in [0.3, 0.4) is 0 Å². The Hall–Kier alpha value is -1.10. The highest BCUT2D eigenvalue weighted by atomic mass is 35.5. The predicted molar refractivity (Wildman–Crippen MR) is 90.3 cm³/mol. The molecule has 2 N–H and O–H groups in total. The van der Waals surface area contributed by atoms with Crippen LogP contribution in [0.25, 0.3) is 0 Å². The molecular weight excluding hydrogens is 286 g/mol. The number of nitrogens with zero attached hydrogens (tertiary/aromatic N) is 1. The number of carbonyl (C=O) groups is 1. The Bertz CT molecular complexity index is 458. The number of anilines is 1. The Morgan fingerprint density at radius 2 is 2.00 bits per heavy atom. The number of likely N-dealkylation sites (N-methyl/N-ethyl adjacent to an activating group) is 1. The standard InChI is InChI=1S/C16H25N3O.ClH/c1-12-6-4-7-13(2)16(12)18-15(20)11-19-9-5-8-14(19)10-17-3;/h4,6-7,14,17H,5,8-11H2,1-3H3,(H,18,20);1H. The van der Waals surface area contributed by atoms with Crippen LogP contribution in [0.1, 0.15) is 24.0 Å². The summed E-state index contributed by atoms with van der Waals surface area (Å²) in [6.07, 6.45) is 2.36. The fourth-order valence-electron chi connectivity index (χ4n) is 2.95. The third-order valence-electron chi connectivity index (χ3n) is 4.03. The zero-order chi connectivity index (χ0) is 14.5. The largest absolute Gasteiger partial charge is 0.324 e. The summed E-state index contributed by atoms with van der Waals surface area (Å²) in [7, 11) is 1.97. The van der Waals surface area contributed by atoms with Crippen molar-refractivity contribution >= 4 is 24.0 Å². The molecule has 0 bridgehead atoms. The first kappa shape index (κ1) is 18.0. The molecule has 118 valence electrons. The van der Waals surface area contributed by atoms with E-state index in [1.165, 1.54) is 12.8 Å². The number of hydrogen-bond donors (Lipinski definition) is 2. The number of aryl methyl sites for hydroxylation is 2. The maximum atomic E-state index is 12.2. The second kappa shape index (κ2) is 8.37. The minimum Gasteiger partial charge on any atom is -0.324 e. The monoisotopic (exact) mass is 311 g/mol. The molecule has 1 aliphatic rings. The fraction of sp³-hybridized carbons (Fsp3) is 0.562. The number of para-hydroxylation sites is 1. The number of benzene rings is 1. The highest BCUT2D eigenvalue weighted by Crippen LogP contribution is 2.20. The van der Waals surface area contributed by atoms with E-state index in [1.807, 2.05) is 39.1 Å². The molecule has 21 heavy (non-hydrogen) atoms. The van der Waals surface area contributed by atoms with Crippen LogP contribution in [0.2, 0.25) is 0 Å². The fourth-order valence-corrected chi connectivity index (χ4v) is 2.95. The Labute approximate surface area is 133 Å². The van der Waals surface area contributed by atoms with E-state index in [0.29, 0.717) is 12.6 Å². The molecule has 1 aliphatic heterocycles. The maximum absolute atomic E-state index is 12.2. The number of amides is 1. The van der Waals surface area contributed by atoms with E-state index in [-0.39, 0.29) is 18.3 Å². The number of halogens is 1. The summed E-state index contributed by atoms with van der Waals surface area (Å²) in [6, 6.07) is 6.57. The van der Waals surface area contributed by atoms with E-state index in [4.69, 9.17) is 0 Å². The molecule has 0 spiro atoms. The van der Waals surface area contributed by atoms with Gasteiger partial charge in [-0.05, 0) is 51.4 Å². The van der Waals surface area contributed by atoms with Gasteiger partial charge in [0.25, 0.3) is 0 Å². The minimum absolute atomic E-state index is 0. The molecule has 1 unspecified atom stereocenters. The first-order valence-corrected chi connectivity index (χ1v) is 7.36. The SMILES string of the molecule is CNCC1CCCN1CC(=O)Nc1c(C)cccc1C.Cl. The van der Waals surface area contributed by atoms with E-state index in [1.54, 1.807) is 0 Å². The molecule has 1 atom stereocenters. The molecular formula is C16H26ClN3O. The van der Waals surface area contributed by atoms with E-state index < -0.39 is 0 Å². The number of carbonyl (C=O) groups excluding carboxylic acids is 1. The molecule has 0 aliphatic carbocycles. The highest BCUT2D eigenvalue weighted by molar-refractivity contribution is 5.93. The molecule has 0 saturated carbocycles. The molecule has 1 heterocycles.